The molecule has 0 fully saturated rings. The van der Waals surface area contributed by atoms with Crippen LogP contribution in [0.1, 0.15) is 12.5 Å². The number of anilines is 1. The van der Waals surface area contributed by atoms with Crippen molar-refractivity contribution in [3.63, 3.8) is 0 Å². The molecule has 0 spiro atoms. The molecule has 2 rings (SSSR count). The van der Waals surface area contributed by atoms with Crippen molar-refractivity contribution < 1.29 is 13.8 Å². The van der Waals surface area contributed by atoms with Gasteiger partial charge in [0.05, 0.1) is 0 Å². The highest BCUT2D eigenvalue weighted by molar-refractivity contribution is 7.84. The second-order valence-electron chi connectivity index (χ2n) is 5.08. The van der Waals surface area contributed by atoms with Crippen LogP contribution >= 0.6 is 0 Å². The van der Waals surface area contributed by atoms with E-state index in [0.29, 0.717) is 10.6 Å². The molecule has 2 amide bonds. The summed E-state index contributed by atoms with van der Waals surface area (Å²) < 4.78 is 11.4. The number of benzene rings is 2. The SMILES string of the molecule is CC(=O)N/C(=C\c1ccccc1)C(=O)Nc1ccc(S(C)=O)cc1. The first-order valence-electron chi connectivity index (χ1n) is 7.25. The topological polar surface area (TPSA) is 75.3 Å². The van der Waals surface area contributed by atoms with E-state index in [-0.39, 0.29) is 11.6 Å². The summed E-state index contributed by atoms with van der Waals surface area (Å²) >= 11 is 0. The molecule has 0 heterocycles. The molecule has 0 saturated carbocycles. The molecule has 0 radical (unpaired) electrons. The van der Waals surface area contributed by atoms with E-state index in [9.17, 15) is 13.8 Å². The summed E-state index contributed by atoms with van der Waals surface area (Å²) in [4.78, 5) is 24.4. The molecule has 0 aliphatic heterocycles. The Labute approximate surface area is 143 Å². The van der Waals surface area contributed by atoms with Gasteiger partial charge in [-0.15, -0.1) is 0 Å². The number of hydrogen-bond donors (Lipinski definition) is 2. The van der Waals surface area contributed by atoms with Crippen LogP contribution in [0.3, 0.4) is 0 Å². The van der Waals surface area contributed by atoms with Crippen molar-refractivity contribution in [2.75, 3.05) is 11.6 Å². The van der Waals surface area contributed by atoms with E-state index >= 15 is 0 Å². The summed E-state index contributed by atoms with van der Waals surface area (Å²) in [6.07, 6.45) is 3.19. The fourth-order valence-electron chi connectivity index (χ4n) is 1.99. The predicted molar refractivity (Wildman–Crippen MR) is 95.6 cm³/mol. The molecule has 5 nitrogen and oxygen atoms in total. The van der Waals surface area contributed by atoms with E-state index in [1.54, 1.807) is 36.6 Å². The van der Waals surface area contributed by atoms with Crippen LogP contribution in [0, 0.1) is 0 Å². The Hall–Kier alpha value is -2.73. The van der Waals surface area contributed by atoms with Crippen LogP contribution in [0.2, 0.25) is 0 Å². The molecule has 24 heavy (non-hydrogen) atoms. The van der Waals surface area contributed by atoms with Crippen molar-refractivity contribution in [2.45, 2.75) is 11.8 Å². The lowest BCUT2D eigenvalue weighted by molar-refractivity contribution is -0.120. The van der Waals surface area contributed by atoms with Crippen molar-refractivity contribution in [3.05, 3.63) is 65.9 Å². The normalized spacial score (nSPS) is 12.3. The van der Waals surface area contributed by atoms with Gasteiger partial charge in [-0.3, -0.25) is 13.8 Å². The maximum atomic E-state index is 12.4. The van der Waals surface area contributed by atoms with Crippen LogP contribution in [-0.4, -0.2) is 22.3 Å². The molecule has 2 aromatic carbocycles. The first-order chi connectivity index (χ1) is 11.5. The fourth-order valence-corrected chi connectivity index (χ4v) is 2.51. The largest absolute Gasteiger partial charge is 0.322 e. The van der Waals surface area contributed by atoms with Crippen LogP contribution in [-0.2, 0) is 20.4 Å². The molecule has 124 valence electrons. The molecule has 0 aliphatic carbocycles. The number of hydrogen-bond acceptors (Lipinski definition) is 3. The van der Waals surface area contributed by atoms with Gasteiger partial charge < -0.3 is 10.6 Å². The molecule has 1 atom stereocenters. The molecule has 0 aromatic heterocycles. The van der Waals surface area contributed by atoms with E-state index in [1.165, 1.54) is 6.92 Å². The third kappa shape index (κ3) is 5.17. The van der Waals surface area contributed by atoms with Crippen LogP contribution in [0.15, 0.2) is 65.2 Å². The fraction of sp³-hybridized carbons (Fsp3) is 0.111. The minimum atomic E-state index is -1.07. The Kier molecular flexibility index (Phi) is 6.03. The highest BCUT2D eigenvalue weighted by Crippen LogP contribution is 2.13. The first kappa shape index (κ1) is 17.6. The van der Waals surface area contributed by atoms with Crippen molar-refractivity contribution >= 4 is 34.4 Å². The zero-order valence-electron chi connectivity index (χ0n) is 13.4. The molecule has 1 unspecified atom stereocenters. The Morgan fingerprint density at radius 3 is 2.17 bits per heavy atom. The van der Waals surface area contributed by atoms with E-state index in [1.807, 2.05) is 30.3 Å². The maximum absolute atomic E-state index is 12.4. The van der Waals surface area contributed by atoms with Gasteiger partial charge >= 0.3 is 0 Å². The molecule has 2 aromatic rings. The summed E-state index contributed by atoms with van der Waals surface area (Å²) in [5, 5.41) is 5.25. The smallest absolute Gasteiger partial charge is 0.272 e. The zero-order valence-corrected chi connectivity index (χ0v) is 14.2. The molecular weight excluding hydrogens is 324 g/mol. The van der Waals surface area contributed by atoms with Crippen LogP contribution in [0.5, 0.6) is 0 Å². The second kappa shape index (κ2) is 8.21. The number of carbonyl (C=O) groups excluding carboxylic acids is 2. The van der Waals surface area contributed by atoms with Gasteiger partial charge in [-0.25, -0.2) is 0 Å². The zero-order chi connectivity index (χ0) is 17.5. The Morgan fingerprint density at radius 2 is 1.62 bits per heavy atom. The van der Waals surface area contributed by atoms with Crippen molar-refractivity contribution in [2.24, 2.45) is 0 Å². The second-order valence-corrected chi connectivity index (χ2v) is 6.46. The van der Waals surface area contributed by atoms with Gasteiger partial charge in [0.25, 0.3) is 5.91 Å². The molecular formula is C18H18N2O3S. The van der Waals surface area contributed by atoms with E-state index in [2.05, 4.69) is 10.6 Å². The summed E-state index contributed by atoms with van der Waals surface area (Å²) in [6.45, 7) is 1.34. The Morgan fingerprint density at radius 1 is 1.00 bits per heavy atom. The lowest BCUT2D eigenvalue weighted by atomic mass is 10.2. The van der Waals surface area contributed by atoms with E-state index in [4.69, 9.17) is 0 Å². The van der Waals surface area contributed by atoms with Gasteiger partial charge in [0, 0.05) is 34.6 Å². The Bertz CT molecular complexity index is 784. The predicted octanol–water partition coefficient (Wildman–Crippen LogP) is 2.54. The number of carbonyl (C=O) groups is 2. The van der Waals surface area contributed by atoms with E-state index in [0.717, 1.165) is 5.56 Å². The average molecular weight is 342 g/mol. The quantitative estimate of drug-likeness (QED) is 0.820. The van der Waals surface area contributed by atoms with Gasteiger partial charge in [-0.2, -0.15) is 0 Å². The van der Waals surface area contributed by atoms with Crippen LogP contribution in [0.4, 0.5) is 5.69 Å². The third-order valence-electron chi connectivity index (χ3n) is 3.11. The first-order valence-corrected chi connectivity index (χ1v) is 8.80. The van der Waals surface area contributed by atoms with Gasteiger partial charge in [0.15, 0.2) is 0 Å². The maximum Gasteiger partial charge on any atom is 0.272 e. The number of amides is 2. The van der Waals surface area contributed by atoms with Gasteiger partial charge in [0.1, 0.15) is 5.70 Å². The lowest BCUT2D eigenvalue weighted by Crippen LogP contribution is -2.28. The third-order valence-corrected chi connectivity index (χ3v) is 4.05. The highest BCUT2D eigenvalue weighted by atomic mass is 32.2. The number of rotatable bonds is 5. The Balaban J connectivity index is 2.20. The molecule has 2 N–H and O–H groups in total. The molecule has 6 heteroatoms. The minimum Gasteiger partial charge on any atom is -0.322 e. The van der Waals surface area contributed by atoms with Crippen molar-refractivity contribution in [1.29, 1.82) is 0 Å². The van der Waals surface area contributed by atoms with E-state index < -0.39 is 16.7 Å². The summed E-state index contributed by atoms with van der Waals surface area (Å²) in [6, 6.07) is 15.9. The van der Waals surface area contributed by atoms with Crippen molar-refractivity contribution in [3.8, 4) is 0 Å². The van der Waals surface area contributed by atoms with Gasteiger partial charge in [0.2, 0.25) is 5.91 Å². The van der Waals surface area contributed by atoms with Crippen LogP contribution < -0.4 is 10.6 Å². The standard InChI is InChI=1S/C18H18N2O3S/c1-13(21)19-17(12-14-6-4-3-5-7-14)18(22)20-15-8-10-16(11-9-15)24(2)23/h3-12H,1-2H3,(H,19,21)(H,20,22)/b17-12-. The minimum absolute atomic E-state index is 0.150. The van der Waals surface area contributed by atoms with Gasteiger partial charge in [-0.1, -0.05) is 30.3 Å². The average Bonchev–Trinajstić information content (AvgIpc) is 2.55. The molecule has 0 saturated heterocycles. The lowest BCUT2D eigenvalue weighted by Gasteiger charge is -2.10. The van der Waals surface area contributed by atoms with Crippen molar-refractivity contribution in [1.82, 2.24) is 5.32 Å². The monoisotopic (exact) mass is 342 g/mol. The highest BCUT2D eigenvalue weighted by Gasteiger charge is 2.12. The summed E-state index contributed by atoms with van der Waals surface area (Å²) in [7, 11) is -1.07. The molecule has 0 bridgehead atoms. The number of nitrogens with one attached hydrogen (secondary N) is 2. The summed E-state index contributed by atoms with van der Waals surface area (Å²) in [5.41, 5.74) is 1.50. The van der Waals surface area contributed by atoms with Gasteiger partial charge in [-0.05, 0) is 35.9 Å². The van der Waals surface area contributed by atoms with Crippen LogP contribution in [0.25, 0.3) is 6.08 Å². The molecule has 0 aliphatic rings. The summed E-state index contributed by atoms with van der Waals surface area (Å²) in [5.74, 6) is -0.761.